The van der Waals surface area contributed by atoms with Crippen LogP contribution in [0.3, 0.4) is 0 Å². The van der Waals surface area contributed by atoms with E-state index in [0.717, 1.165) is 19.3 Å². The highest BCUT2D eigenvalue weighted by Crippen LogP contribution is 2.17. The van der Waals surface area contributed by atoms with Crippen molar-refractivity contribution in [1.29, 1.82) is 0 Å². The maximum absolute atomic E-state index is 11.5. The summed E-state index contributed by atoms with van der Waals surface area (Å²) < 4.78 is 5.26. The average molecular weight is 280 g/mol. The largest absolute Gasteiger partial charge is 0.478 e. The lowest BCUT2D eigenvalue weighted by molar-refractivity contribution is -0.122. The third-order valence-corrected chi connectivity index (χ3v) is 2.72. The number of unbranched alkanes of at least 4 members (excludes halogenated alkanes) is 2. The molecule has 20 heavy (non-hydrogen) atoms. The van der Waals surface area contributed by atoms with Crippen molar-refractivity contribution in [2.24, 2.45) is 5.73 Å². The summed E-state index contributed by atoms with van der Waals surface area (Å²) in [4.78, 5) is 22.4. The van der Waals surface area contributed by atoms with Crippen molar-refractivity contribution in [2.75, 3.05) is 13.3 Å². The summed E-state index contributed by atoms with van der Waals surface area (Å²) in [5, 5.41) is 11.6. The van der Waals surface area contributed by atoms with Crippen LogP contribution in [-0.4, -0.2) is 30.3 Å². The van der Waals surface area contributed by atoms with Crippen molar-refractivity contribution in [3.8, 4) is 5.75 Å². The first-order valence-electron chi connectivity index (χ1n) is 6.57. The molecule has 0 aliphatic carbocycles. The molecule has 0 spiro atoms. The molecule has 0 unspecified atom stereocenters. The van der Waals surface area contributed by atoms with Crippen LogP contribution >= 0.6 is 0 Å². The molecule has 0 heterocycles. The van der Waals surface area contributed by atoms with Crippen molar-refractivity contribution in [1.82, 2.24) is 5.32 Å². The van der Waals surface area contributed by atoms with Crippen LogP contribution in [0.15, 0.2) is 24.3 Å². The Balaban J connectivity index is 2.30. The van der Waals surface area contributed by atoms with Gasteiger partial charge in [0, 0.05) is 6.42 Å². The molecular weight excluding hydrogens is 260 g/mol. The number of hydrogen-bond acceptors (Lipinski definition) is 4. The van der Waals surface area contributed by atoms with Crippen LogP contribution in [0.25, 0.3) is 0 Å². The topological polar surface area (TPSA) is 102 Å². The molecule has 0 radical (unpaired) electrons. The molecule has 1 rings (SSSR count). The molecule has 110 valence electrons. The number of carbonyl (C=O) groups excluding carboxylic acids is 1. The minimum absolute atomic E-state index is 0.0417. The van der Waals surface area contributed by atoms with E-state index >= 15 is 0 Å². The first kappa shape index (κ1) is 16.0. The van der Waals surface area contributed by atoms with Crippen molar-refractivity contribution >= 4 is 11.9 Å². The quantitative estimate of drug-likeness (QED) is 0.468. The third kappa shape index (κ3) is 5.71. The van der Waals surface area contributed by atoms with E-state index in [-0.39, 0.29) is 24.0 Å². The number of carboxylic acid groups (broad SMARTS) is 1. The molecular formula is C14H20N2O4. The molecule has 1 aromatic rings. The number of hydrogen-bond donors (Lipinski definition) is 3. The van der Waals surface area contributed by atoms with Gasteiger partial charge < -0.3 is 20.9 Å². The maximum atomic E-state index is 11.5. The Hall–Kier alpha value is -2.08. The first-order chi connectivity index (χ1) is 9.65. The van der Waals surface area contributed by atoms with E-state index in [2.05, 4.69) is 5.32 Å². The third-order valence-electron chi connectivity index (χ3n) is 2.72. The zero-order chi connectivity index (χ0) is 14.8. The number of carboxylic acids is 1. The van der Waals surface area contributed by atoms with Gasteiger partial charge >= 0.3 is 5.97 Å². The number of para-hydroxylation sites is 1. The molecule has 0 aromatic heterocycles. The Morgan fingerprint density at radius 2 is 1.95 bits per heavy atom. The molecule has 0 aliphatic heterocycles. The van der Waals surface area contributed by atoms with E-state index < -0.39 is 5.97 Å². The number of nitrogens with two attached hydrogens (primary N) is 1. The molecule has 1 amide bonds. The van der Waals surface area contributed by atoms with Crippen molar-refractivity contribution in [3.05, 3.63) is 29.8 Å². The monoisotopic (exact) mass is 280 g/mol. The van der Waals surface area contributed by atoms with Crippen molar-refractivity contribution < 1.29 is 19.4 Å². The summed E-state index contributed by atoms with van der Waals surface area (Å²) in [6.45, 7) is 0.594. The van der Waals surface area contributed by atoms with Gasteiger partial charge in [-0.1, -0.05) is 18.6 Å². The lowest BCUT2D eigenvalue weighted by Gasteiger charge is -2.10. The van der Waals surface area contributed by atoms with Gasteiger partial charge in [-0.25, -0.2) is 4.79 Å². The van der Waals surface area contributed by atoms with Crippen LogP contribution < -0.4 is 15.8 Å². The highest BCUT2D eigenvalue weighted by Gasteiger charge is 2.10. The van der Waals surface area contributed by atoms with Gasteiger partial charge in [0.25, 0.3) is 0 Å². The zero-order valence-electron chi connectivity index (χ0n) is 11.3. The van der Waals surface area contributed by atoms with Crippen LogP contribution in [0.2, 0.25) is 0 Å². The van der Waals surface area contributed by atoms with E-state index in [1.165, 1.54) is 6.07 Å². The Morgan fingerprint density at radius 3 is 2.65 bits per heavy atom. The molecule has 0 saturated heterocycles. The van der Waals surface area contributed by atoms with Gasteiger partial charge in [-0.05, 0) is 31.5 Å². The minimum Gasteiger partial charge on any atom is -0.478 e. The van der Waals surface area contributed by atoms with Gasteiger partial charge in [0.1, 0.15) is 11.3 Å². The fraction of sp³-hybridized carbons (Fsp3) is 0.429. The van der Waals surface area contributed by atoms with E-state index in [1.54, 1.807) is 18.2 Å². The maximum Gasteiger partial charge on any atom is 0.339 e. The lowest BCUT2D eigenvalue weighted by Crippen LogP contribution is -2.27. The van der Waals surface area contributed by atoms with Gasteiger partial charge in [-0.2, -0.15) is 0 Å². The number of rotatable bonds is 9. The van der Waals surface area contributed by atoms with Gasteiger partial charge in [-0.3, -0.25) is 4.79 Å². The molecule has 0 saturated carbocycles. The highest BCUT2D eigenvalue weighted by atomic mass is 16.5. The number of amides is 1. The summed E-state index contributed by atoms with van der Waals surface area (Å²) in [5.74, 6) is -0.938. The summed E-state index contributed by atoms with van der Waals surface area (Å²) in [6.07, 6.45) is 3.04. The van der Waals surface area contributed by atoms with E-state index in [1.807, 2.05) is 0 Å². The van der Waals surface area contributed by atoms with Crippen LogP contribution in [0.4, 0.5) is 0 Å². The Morgan fingerprint density at radius 1 is 1.20 bits per heavy atom. The Kier molecular flexibility index (Phi) is 7.13. The predicted octanol–water partition coefficient (Wildman–Crippen LogP) is 1.36. The summed E-state index contributed by atoms with van der Waals surface area (Å²) in [5.41, 5.74) is 5.43. The van der Waals surface area contributed by atoms with Crippen LogP contribution in [0, 0.1) is 0 Å². The zero-order valence-corrected chi connectivity index (χ0v) is 11.3. The number of nitrogens with one attached hydrogen (secondary N) is 1. The SMILES string of the molecule is NCCCCCC(=O)NCOc1ccccc1C(=O)O. The van der Waals surface area contributed by atoms with Crippen molar-refractivity contribution in [2.45, 2.75) is 25.7 Å². The smallest absolute Gasteiger partial charge is 0.339 e. The van der Waals surface area contributed by atoms with E-state index in [4.69, 9.17) is 15.6 Å². The van der Waals surface area contributed by atoms with E-state index in [9.17, 15) is 9.59 Å². The summed E-state index contributed by atoms with van der Waals surface area (Å²) in [7, 11) is 0. The average Bonchev–Trinajstić information content (AvgIpc) is 2.44. The highest BCUT2D eigenvalue weighted by molar-refractivity contribution is 5.90. The van der Waals surface area contributed by atoms with Crippen LogP contribution in [-0.2, 0) is 4.79 Å². The van der Waals surface area contributed by atoms with Gasteiger partial charge in [0.15, 0.2) is 6.73 Å². The Labute approximate surface area is 117 Å². The predicted molar refractivity (Wildman–Crippen MR) is 74.6 cm³/mol. The van der Waals surface area contributed by atoms with Crippen LogP contribution in [0.5, 0.6) is 5.75 Å². The first-order valence-corrected chi connectivity index (χ1v) is 6.57. The molecule has 6 heteroatoms. The molecule has 6 nitrogen and oxygen atoms in total. The lowest BCUT2D eigenvalue weighted by atomic mass is 10.2. The molecule has 4 N–H and O–H groups in total. The Bertz CT molecular complexity index is 449. The van der Waals surface area contributed by atoms with Gasteiger partial charge in [0.05, 0.1) is 0 Å². The molecule has 0 atom stereocenters. The fourth-order valence-electron chi connectivity index (χ4n) is 1.66. The molecule has 0 fully saturated rings. The number of ether oxygens (including phenoxy) is 1. The van der Waals surface area contributed by atoms with Gasteiger partial charge in [-0.15, -0.1) is 0 Å². The number of aromatic carboxylic acids is 1. The van der Waals surface area contributed by atoms with Crippen molar-refractivity contribution in [3.63, 3.8) is 0 Å². The number of carbonyl (C=O) groups is 2. The van der Waals surface area contributed by atoms with Crippen LogP contribution in [0.1, 0.15) is 36.0 Å². The number of benzene rings is 1. The fourth-order valence-corrected chi connectivity index (χ4v) is 1.66. The molecule has 0 bridgehead atoms. The second kappa shape index (κ2) is 8.92. The summed E-state index contributed by atoms with van der Waals surface area (Å²) in [6, 6.07) is 6.30. The minimum atomic E-state index is -1.06. The van der Waals surface area contributed by atoms with Gasteiger partial charge in [0.2, 0.25) is 5.91 Å². The normalized spacial score (nSPS) is 10.1. The van der Waals surface area contributed by atoms with E-state index in [0.29, 0.717) is 13.0 Å². The molecule has 1 aromatic carbocycles. The second-order valence-electron chi connectivity index (χ2n) is 4.29. The summed E-state index contributed by atoms with van der Waals surface area (Å²) >= 11 is 0. The standard InChI is InChI=1S/C14H20N2O4/c15-9-5-1-2-8-13(17)16-10-20-12-7-4-3-6-11(12)14(18)19/h3-4,6-7H,1-2,5,8-10,15H2,(H,16,17)(H,18,19). The molecule has 0 aliphatic rings. The second-order valence-corrected chi connectivity index (χ2v) is 4.29.